The van der Waals surface area contributed by atoms with Crippen LogP contribution in [-0.2, 0) is 6.54 Å². The normalized spacial score (nSPS) is 10.7. The Kier molecular flexibility index (Phi) is 5.75. The summed E-state index contributed by atoms with van der Waals surface area (Å²) in [5, 5.41) is 2.64. The number of furan rings is 1. The zero-order chi connectivity index (χ0) is 21.8. The van der Waals surface area contributed by atoms with E-state index >= 15 is 0 Å². The van der Waals surface area contributed by atoms with E-state index in [4.69, 9.17) is 4.42 Å². The molecule has 3 aromatic heterocycles. The Bertz CT molecular complexity index is 1190. The molecule has 0 spiro atoms. The van der Waals surface area contributed by atoms with E-state index in [1.807, 2.05) is 61.2 Å². The number of rotatable bonds is 6. The third-order valence-electron chi connectivity index (χ3n) is 4.98. The van der Waals surface area contributed by atoms with Crippen molar-refractivity contribution in [1.29, 1.82) is 0 Å². The van der Waals surface area contributed by atoms with E-state index in [2.05, 4.69) is 20.3 Å². The van der Waals surface area contributed by atoms with Crippen LogP contribution in [0.25, 0.3) is 11.1 Å². The van der Waals surface area contributed by atoms with Crippen LogP contribution in [-0.4, -0.2) is 27.9 Å². The SMILES string of the molecule is CNC(=O)c1ccc(CN(c2cnccn2)c2cc(-c3cc(C)oc3C)ccn2)cc1. The van der Waals surface area contributed by atoms with Crippen molar-refractivity contribution >= 4 is 17.5 Å². The number of aryl methyl sites for hydroxylation is 2. The van der Waals surface area contributed by atoms with Gasteiger partial charge in [0.2, 0.25) is 0 Å². The molecule has 0 radical (unpaired) electrons. The number of benzene rings is 1. The van der Waals surface area contributed by atoms with Crippen molar-refractivity contribution in [3.05, 3.63) is 89.9 Å². The molecule has 0 aliphatic rings. The predicted molar refractivity (Wildman–Crippen MR) is 119 cm³/mol. The lowest BCUT2D eigenvalue weighted by atomic mass is 10.1. The average Bonchev–Trinajstić information content (AvgIpc) is 3.16. The van der Waals surface area contributed by atoms with E-state index in [9.17, 15) is 4.79 Å². The maximum Gasteiger partial charge on any atom is 0.251 e. The molecule has 1 amide bonds. The summed E-state index contributed by atoms with van der Waals surface area (Å²) in [4.78, 5) is 27.1. The van der Waals surface area contributed by atoms with Gasteiger partial charge < -0.3 is 14.6 Å². The van der Waals surface area contributed by atoms with E-state index in [1.165, 1.54) is 0 Å². The van der Waals surface area contributed by atoms with Gasteiger partial charge in [0.15, 0.2) is 5.82 Å². The third-order valence-corrected chi connectivity index (χ3v) is 4.98. The van der Waals surface area contributed by atoms with E-state index in [0.717, 1.165) is 34.0 Å². The maximum atomic E-state index is 11.8. The number of aromatic nitrogens is 3. The van der Waals surface area contributed by atoms with Gasteiger partial charge in [-0.15, -0.1) is 0 Å². The van der Waals surface area contributed by atoms with Gasteiger partial charge in [0.1, 0.15) is 17.3 Å². The number of anilines is 2. The van der Waals surface area contributed by atoms with Crippen molar-refractivity contribution in [2.45, 2.75) is 20.4 Å². The van der Waals surface area contributed by atoms with Crippen LogP contribution in [0.5, 0.6) is 0 Å². The van der Waals surface area contributed by atoms with Gasteiger partial charge in [-0.1, -0.05) is 12.1 Å². The van der Waals surface area contributed by atoms with Crippen LogP contribution < -0.4 is 10.2 Å². The molecular formula is C24H23N5O2. The van der Waals surface area contributed by atoms with Crippen LogP contribution in [0.3, 0.4) is 0 Å². The lowest BCUT2D eigenvalue weighted by Crippen LogP contribution is -2.20. The van der Waals surface area contributed by atoms with Gasteiger partial charge in [0.05, 0.1) is 12.7 Å². The Labute approximate surface area is 180 Å². The first-order valence-electron chi connectivity index (χ1n) is 9.93. The molecule has 0 saturated heterocycles. The summed E-state index contributed by atoms with van der Waals surface area (Å²) in [5.74, 6) is 3.05. The molecule has 7 heteroatoms. The molecule has 4 aromatic rings. The summed E-state index contributed by atoms with van der Waals surface area (Å²) in [6.07, 6.45) is 6.79. The van der Waals surface area contributed by atoms with Gasteiger partial charge in [-0.3, -0.25) is 9.78 Å². The van der Waals surface area contributed by atoms with Gasteiger partial charge in [-0.25, -0.2) is 9.97 Å². The lowest BCUT2D eigenvalue weighted by molar-refractivity contribution is 0.0963. The molecule has 1 aromatic carbocycles. The summed E-state index contributed by atoms with van der Waals surface area (Å²) in [5.41, 5.74) is 3.68. The van der Waals surface area contributed by atoms with E-state index in [1.54, 1.807) is 31.8 Å². The summed E-state index contributed by atoms with van der Waals surface area (Å²) < 4.78 is 5.70. The summed E-state index contributed by atoms with van der Waals surface area (Å²) in [6, 6.07) is 13.5. The minimum absolute atomic E-state index is 0.113. The van der Waals surface area contributed by atoms with Gasteiger partial charge >= 0.3 is 0 Å². The predicted octanol–water partition coefficient (Wildman–Crippen LogP) is 4.45. The van der Waals surface area contributed by atoms with E-state index in [0.29, 0.717) is 17.9 Å². The molecule has 156 valence electrons. The molecular weight excluding hydrogens is 390 g/mol. The molecule has 31 heavy (non-hydrogen) atoms. The molecule has 4 rings (SSSR count). The Morgan fingerprint density at radius 2 is 1.77 bits per heavy atom. The van der Waals surface area contributed by atoms with Crippen molar-refractivity contribution in [2.24, 2.45) is 0 Å². The Morgan fingerprint density at radius 1 is 1.00 bits per heavy atom. The first kappa shape index (κ1) is 20.3. The molecule has 0 saturated carbocycles. The number of hydrogen-bond acceptors (Lipinski definition) is 6. The average molecular weight is 413 g/mol. The van der Waals surface area contributed by atoms with Gasteiger partial charge in [-0.05, 0) is 55.3 Å². The highest BCUT2D eigenvalue weighted by atomic mass is 16.3. The topological polar surface area (TPSA) is 84.2 Å². The van der Waals surface area contributed by atoms with Crippen LogP contribution in [0, 0.1) is 13.8 Å². The number of nitrogens with one attached hydrogen (secondary N) is 1. The molecule has 0 aliphatic heterocycles. The van der Waals surface area contributed by atoms with Gasteiger partial charge in [0, 0.05) is 36.8 Å². The highest BCUT2D eigenvalue weighted by Crippen LogP contribution is 2.31. The van der Waals surface area contributed by atoms with Crippen LogP contribution in [0.1, 0.15) is 27.4 Å². The van der Waals surface area contributed by atoms with E-state index in [-0.39, 0.29) is 5.91 Å². The second-order valence-electron chi connectivity index (χ2n) is 7.16. The third kappa shape index (κ3) is 4.45. The fourth-order valence-corrected chi connectivity index (χ4v) is 3.45. The fraction of sp³-hybridized carbons (Fsp3) is 0.167. The second kappa shape index (κ2) is 8.79. The van der Waals surface area contributed by atoms with Gasteiger partial charge in [-0.2, -0.15) is 0 Å². The Morgan fingerprint density at radius 3 is 2.42 bits per heavy atom. The number of pyridine rings is 1. The van der Waals surface area contributed by atoms with Gasteiger partial charge in [0.25, 0.3) is 5.91 Å². The monoisotopic (exact) mass is 413 g/mol. The molecule has 3 heterocycles. The second-order valence-corrected chi connectivity index (χ2v) is 7.16. The number of amides is 1. The van der Waals surface area contributed by atoms with Crippen LogP contribution in [0.4, 0.5) is 11.6 Å². The zero-order valence-corrected chi connectivity index (χ0v) is 17.7. The number of hydrogen-bond donors (Lipinski definition) is 1. The minimum Gasteiger partial charge on any atom is -0.466 e. The smallest absolute Gasteiger partial charge is 0.251 e. The Balaban J connectivity index is 1.70. The van der Waals surface area contributed by atoms with Crippen molar-refractivity contribution in [2.75, 3.05) is 11.9 Å². The number of carbonyl (C=O) groups excluding carboxylic acids is 1. The molecule has 0 bridgehead atoms. The highest BCUT2D eigenvalue weighted by Gasteiger charge is 2.16. The first-order chi connectivity index (χ1) is 15.0. The van der Waals surface area contributed by atoms with Crippen molar-refractivity contribution in [3.63, 3.8) is 0 Å². The Hall–Kier alpha value is -4.00. The zero-order valence-electron chi connectivity index (χ0n) is 17.7. The van der Waals surface area contributed by atoms with E-state index < -0.39 is 0 Å². The molecule has 0 aliphatic carbocycles. The molecule has 0 unspecified atom stereocenters. The van der Waals surface area contributed by atoms with Crippen LogP contribution in [0.15, 0.2) is 71.7 Å². The van der Waals surface area contributed by atoms with Crippen LogP contribution in [0.2, 0.25) is 0 Å². The first-order valence-corrected chi connectivity index (χ1v) is 9.93. The van der Waals surface area contributed by atoms with Crippen molar-refractivity contribution in [1.82, 2.24) is 20.3 Å². The quantitative estimate of drug-likeness (QED) is 0.503. The molecule has 7 nitrogen and oxygen atoms in total. The summed E-state index contributed by atoms with van der Waals surface area (Å²) >= 11 is 0. The summed E-state index contributed by atoms with van der Waals surface area (Å²) in [6.45, 7) is 4.41. The summed E-state index contributed by atoms with van der Waals surface area (Å²) in [7, 11) is 1.62. The molecule has 1 N–H and O–H groups in total. The highest BCUT2D eigenvalue weighted by molar-refractivity contribution is 5.93. The fourth-order valence-electron chi connectivity index (χ4n) is 3.45. The van der Waals surface area contributed by atoms with Crippen LogP contribution >= 0.6 is 0 Å². The van der Waals surface area contributed by atoms with Crippen molar-refractivity contribution in [3.8, 4) is 11.1 Å². The number of nitrogens with zero attached hydrogens (tertiary/aromatic N) is 4. The lowest BCUT2D eigenvalue weighted by Gasteiger charge is -2.23. The largest absolute Gasteiger partial charge is 0.466 e. The maximum absolute atomic E-state index is 11.8. The molecule has 0 fully saturated rings. The standard InChI is InChI=1S/C24H23N5O2/c1-16-12-21(17(2)31-16)20-8-9-27-22(13-20)29(23-14-26-10-11-28-23)15-18-4-6-19(7-5-18)24(30)25-3/h4-14H,15H2,1-3H3,(H,25,30). The molecule has 0 atom stereocenters. The minimum atomic E-state index is -0.113. The van der Waals surface area contributed by atoms with Crippen molar-refractivity contribution < 1.29 is 9.21 Å². The number of carbonyl (C=O) groups is 1.